The molecule has 1 amide bonds. The van der Waals surface area contributed by atoms with E-state index < -0.39 is 6.04 Å². The Balaban J connectivity index is 1.45. The first-order valence-electron chi connectivity index (χ1n) is 11.9. The smallest absolute Gasteiger partial charge is 0.254 e. The molecule has 2 atom stereocenters. The Morgan fingerprint density at radius 1 is 1.11 bits per heavy atom. The van der Waals surface area contributed by atoms with Crippen LogP contribution in [-0.2, 0) is 4.79 Å². The van der Waals surface area contributed by atoms with Gasteiger partial charge in [-0.05, 0) is 62.4 Å². The molecule has 2 aliphatic rings. The van der Waals surface area contributed by atoms with E-state index in [-0.39, 0.29) is 11.9 Å². The van der Waals surface area contributed by atoms with E-state index in [1.165, 1.54) is 11.1 Å². The number of amides is 1. The lowest BCUT2D eigenvalue weighted by atomic mass is 9.94. The molecule has 1 aromatic heterocycles. The minimum absolute atomic E-state index is 0.0260. The van der Waals surface area contributed by atoms with E-state index in [9.17, 15) is 4.79 Å². The van der Waals surface area contributed by atoms with Gasteiger partial charge in [0.2, 0.25) is 0 Å². The standard InChI is InChI=1S/C27H29Cl2N5O/c1-16-6-4-7-17(2)25(16)30-15-20-8-5-13-33(20)27(35)24-18(3)32-23-11-12-31-34(23)26(24)19-9-10-21(28)22(29)14-19/h4,6-7,9-12,14,20,26,30,32H,5,8,13,15H2,1-3H3/t20-,26?/m0/s1. The number of benzene rings is 2. The molecule has 1 fully saturated rings. The lowest BCUT2D eigenvalue weighted by molar-refractivity contribution is -0.128. The van der Waals surface area contributed by atoms with Gasteiger partial charge in [-0.25, -0.2) is 4.68 Å². The number of nitrogens with zero attached hydrogens (tertiary/aromatic N) is 3. The molecule has 2 aromatic carbocycles. The summed E-state index contributed by atoms with van der Waals surface area (Å²) in [6, 6.07) is 13.4. The zero-order valence-electron chi connectivity index (χ0n) is 20.1. The van der Waals surface area contributed by atoms with Crippen molar-refractivity contribution in [3.8, 4) is 0 Å². The van der Waals surface area contributed by atoms with Crippen LogP contribution in [-0.4, -0.2) is 39.7 Å². The minimum Gasteiger partial charge on any atom is -0.383 e. The van der Waals surface area contributed by atoms with Crippen LogP contribution in [0.5, 0.6) is 0 Å². The van der Waals surface area contributed by atoms with Gasteiger partial charge in [0.25, 0.3) is 5.91 Å². The van der Waals surface area contributed by atoms with Crippen molar-refractivity contribution in [3.05, 3.63) is 86.7 Å². The number of carbonyl (C=O) groups is 1. The third kappa shape index (κ3) is 4.41. The summed E-state index contributed by atoms with van der Waals surface area (Å²) in [5.41, 5.74) is 5.95. The van der Waals surface area contributed by atoms with Crippen LogP contribution in [0.3, 0.4) is 0 Å². The van der Waals surface area contributed by atoms with Crippen LogP contribution in [0, 0.1) is 13.8 Å². The summed E-state index contributed by atoms with van der Waals surface area (Å²) in [7, 11) is 0. The lowest BCUT2D eigenvalue weighted by Gasteiger charge is -2.34. The molecule has 2 N–H and O–H groups in total. The van der Waals surface area contributed by atoms with Crippen molar-refractivity contribution in [2.45, 2.75) is 45.7 Å². The van der Waals surface area contributed by atoms with Crippen molar-refractivity contribution in [1.82, 2.24) is 14.7 Å². The van der Waals surface area contributed by atoms with E-state index >= 15 is 0 Å². The molecule has 1 saturated heterocycles. The molecule has 0 aliphatic carbocycles. The van der Waals surface area contributed by atoms with Gasteiger partial charge in [-0.2, -0.15) is 5.10 Å². The number of aryl methyl sites for hydroxylation is 2. The molecule has 3 heterocycles. The number of nitrogens with one attached hydrogen (secondary N) is 2. The number of likely N-dealkylation sites (tertiary alicyclic amines) is 1. The van der Waals surface area contributed by atoms with Gasteiger partial charge in [0.05, 0.1) is 21.8 Å². The average Bonchev–Trinajstić information content (AvgIpc) is 3.48. The Morgan fingerprint density at radius 3 is 2.63 bits per heavy atom. The topological polar surface area (TPSA) is 62.2 Å². The number of rotatable bonds is 5. The second kappa shape index (κ2) is 9.59. The van der Waals surface area contributed by atoms with Crippen molar-refractivity contribution in [2.24, 2.45) is 0 Å². The molecule has 5 rings (SSSR count). The first-order valence-corrected chi connectivity index (χ1v) is 12.7. The molecule has 0 spiro atoms. The second-order valence-corrected chi connectivity index (χ2v) is 10.2. The molecule has 0 radical (unpaired) electrons. The fraction of sp³-hybridized carbons (Fsp3) is 0.333. The van der Waals surface area contributed by atoms with Gasteiger partial charge < -0.3 is 15.5 Å². The van der Waals surface area contributed by atoms with Crippen LogP contribution >= 0.6 is 23.2 Å². The number of allylic oxidation sites excluding steroid dienone is 1. The number of carbonyl (C=O) groups excluding carboxylic acids is 1. The molecule has 6 nitrogen and oxygen atoms in total. The molecule has 1 unspecified atom stereocenters. The monoisotopic (exact) mass is 509 g/mol. The van der Waals surface area contributed by atoms with E-state index in [2.05, 4.69) is 47.8 Å². The molecular weight excluding hydrogens is 481 g/mol. The van der Waals surface area contributed by atoms with Crippen LogP contribution in [0.15, 0.2) is 59.9 Å². The molecule has 0 bridgehead atoms. The highest BCUT2D eigenvalue weighted by Crippen LogP contribution is 2.39. The van der Waals surface area contributed by atoms with Crippen LogP contribution in [0.4, 0.5) is 11.5 Å². The maximum Gasteiger partial charge on any atom is 0.254 e. The molecule has 35 heavy (non-hydrogen) atoms. The third-order valence-corrected chi connectivity index (χ3v) is 7.77. The van der Waals surface area contributed by atoms with Gasteiger partial charge in [-0.3, -0.25) is 4.79 Å². The van der Waals surface area contributed by atoms with E-state index in [0.717, 1.165) is 42.2 Å². The van der Waals surface area contributed by atoms with Crippen molar-refractivity contribution in [2.75, 3.05) is 23.7 Å². The lowest BCUT2D eigenvalue weighted by Crippen LogP contribution is -2.43. The first-order chi connectivity index (χ1) is 16.8. The van der Waals surface area contributed by atoms with Gasteiger partial charge in [0.15, 0.2) is 0 Å². The Kier molecular flexibility index (Phi) is 6.51. The maximum atomic E-state index is 14.1. The van der Waals surface area contributed by atoms with Crippen LogP contribution < -0.4 is 10.6 Å². The molecular formula is C27H29Cl2N5O. The van der Waals surface area contributed by atoms with E-state index in [1.807, 2.05) is 34.7 Å². The van der Waals surface area contributed by atoms with Gasteiger partial charge in [0, 0.05) is 36.6 Å². The molecule has 8 heteroatoms. The minimum atomic E-state index is -0.392. The SMILES string of the molecule is CC1=C(C(=O)N2CCC[C@H]2CNc2c(C)cccc2C)C(c2ccc(Cl)c(Cl)c2)n2nccc2N1. The highest BCUT2D eigenvalue weighted by molar-refractivity contribution is 6.42. The van der Waals surface area contributed by atoms with Gasteiger partial charge in [-0.1, -0.05) is 47.5 Å². The zero-order chi connectivity index (χ0) is 24.7. The van der Waals surface area contributed by atoms with E-state index in [4.69, 9.17) is 23.2 Å². The number of hydrogen-bond acceptors (Lipinski definition) is 4. The van der Waals surface area contributed by atoms with Crippen molar-refractivity contribution in [1.29, 1.82) is 0 Å². The Bertz CT molecular complexity index is 1290. The maximum absolute atomic E-state index is 14.1. The van der Waals surface area contributed by atoms with Gasteiger partial charge in [0.1, 0.15) is 11.9 Å². The summed E-state index contributed by atoms with van der Waals surface area (Å²) in [4.78, 5) is 16.1. The van der Waals surface area contributed by atoms with Crippen molar-refractivity contribution >= 4 is 40.6 Å². The van der Waals surface area contributed by atoms with Crippen LogP contribution in [0.2, 0.25) is 10.0 Å². The molecule has 0 saturated carbocycles. The predicted molar refractivity (Wildman–Crippen MR) is 142 cm³/mol. The van der Waals surface area contributed by atoms with Crippen molar-refractivity contribution in [3.63, 3.8) is 0 Å². The molecule has 3 aromatic rings. The number of para-hydroxylation sites is 1. The summed E-state index contributed by atoms with van der Waals surface area (Å²) in [5, 5.41) is 12.5. The largest absolute Gasteiger partial charge is 0.383 e. The Hall–Kier alpha value is -2.96. The number of aromatic nitrogens is 2. The first kappa shape index (κ1) is 23.8. The van der Waals surface area contributed by atoms with Crippen LogP contribution in [0.25, 0.3) is 0 Å². The van der Waals surface area contributed by atoms with Crippen LogP contribution in [0.1, 0.15) is 42.5 Å². The van der Waals surface area contributed by atoms with Gasteiger partial charge in [-0.15, -0.1) is 0 Å². The number of hydrogen-bond donors (Lipinski definition) is 2. The Labute approximate surface area is 215 Å². The highest BCUT2D eigenvalue weighted by atomic mass is 35.5. The second-order valence-electron chi connectivity index (χ2n) is 9.34. The summed E-state index contributed by atoms with van der Waals surface area (Å²) < 4.78 is 1.85. The average molecular weight is 510 g/mol. The van der Waals surface area contributed by atoms with Gasteiger partial charge >= 0.3 is 0 Å². The van der Waals surface area contributed by atoms with E-state index in [0.29, 0.717) is 22.2 Å². The Morgan fingerprint density at radius 2 is 1.89 bits per heavy atom. The summed E-state index contributed by atoms with van der Waals surface area (Å²) in [5.74, 6) is 0.864. The summed E-state index contributed by atoms with van der Waals surface area (Å²) in [6.45, 7) is 7.61. The summed E-state index contributed by atoms with van der Waals surface area (Å²) in [6.07, 6.45) is 3.68. The number of fused-ring (bicyclic) bond motifs is 1. The molecule has 2 aliphatic heterocycles. The zero-order valence-corrected chi connectivity index (χ0v) is 21.6. The predicted octanol–water partition coefficient (Wildman–Crippen LogP) is 6.20. The normalized spacial score (nSPS) is 19.5. The van der Waals surface area contributed by atoms with Crippen molar-refractivity contribution < 1.29 is 4.79 Å². The highest BCUT2D eigenvalue weighted by Gasteiger charge is 2.38. The third-order valence-electron chi connectivity index (χ3n) is 7.03. The fourth-order valence-electron chi connectivity index (χ4n) is 5.26. The fourth-order valence-corrected chi connectivity index (χ4v) is 5.56. The summed E-state index contributed by atoms with van der Waals surface area (Å²) >= 11 is 12.6. The number of anilines is 2. The molecule has 182 valence electrons. The van der Waals surface area contributed by atoms with E-state index in [1.54, 1.807) is 12.3 Å². The quantitative estimate of drug-likeness (QED) is 0.429. The number of halogens is 2.